The van der Waals surface area contributed by atoms with Gasteiger partial charge in [-0.25, -0.2) is 17.6 Å². The quantitative estimate of drug-likeness (QED) is 0.0874. The lowest BCUT2D eigenvalue weighted by Crippen LogP contribution is -2.52. The zero-order valence-corrected chi connectivity index (χ0v) is 73.5. The second-order valence-electron chi connectivity index (χ2n) is 36.2. The summed E-state index contributed by atoms with van der Waals surface area (Å²) in [5, 5.41) is 16.6. The first-order chi connectivity index (χ1) is 63.2. The van der Waals surface area contributed by atoms with Gasteiger partial charge in [0, 0.05) is 178 Å². The van der Waals surface area contributed by atoms with E-state index in [1.165, 1.54) is 23.1 Å². The lowest BCUT2D eigenvalue weighted by atomic mass is 9.73. The van der Waals surface area contributed by atoms with Crippen molar-refractivity contribution >= 4 is 46.4 Å². The molecular formula is C102H105F4N15O9. The molecule has 0 radical (unpaired) electrons. The Balaban J connectivity index is 0.000000109. The van der Waals surface area contributed by atoms with E-state index in [1.807, 2.05) is 161 Å². The van der Waals surface area contributed by atoms with Gasteiger partial charge in [-0.3, -0.25) is 47.7 Å². The monoisotopic (exact) mass is 1760 g/mol. The van der Waals surface area contributed by atoms with E-state index in [0.29, 0.717) is 77.9 Å². The van der Waals surface area contributed by atoms with E-state index in [1.54, 1.807) is 83.6 Å². The van der Waals surface area contributed by atoms with Crippen molar-refractivity contribution < 1.29 is 60.4 Å². The van der Waals surface area contributed by atoms with E-state index >= 15 is 13.2 Å². The van der Waals surface area contributed by atoms with E-state index in [2.05, 4.69) is 53.3 Å². The highest BCUT2D eigenvalue weighted by atomic mass is 19.1. The highest BCUT2D eigenvalue weighted by Crippen LogP contribution is 2.54. The third kappa shape index (κ3) is 15.9. The standard InChI is InChI=1S/C28H31FN4O2.C27H29FN4O2.C26H27FN4O2.C21H18FN3O3/c1-31-18-22(17-30-31)20-6-7-21(25(29)16-20)19-33-26-5-3-2-4-24(26)28(27(33)34)10-12-32(13-11-28)23-8-14-35-15-9-23;1-30-15-21(14-29-30)19-8-9-20(24(28)13-19)16-32-25-7-3-2-6-23(25)27(26(32)33)10-11-31(18-27)22-5-4-12-34-17-22;1-29-14-20(13-28-29)18-6-7-19(23(27)12-18)15-31-24-5-3-2-4-22(24)26(25(31)32)9-10-30(17-26)21-8-11-33-16-21;1-24-12-16(11-23-24)14-6-7-15(18(22)10-14)13-25-19-5-3-2-4-17(19)21(20(25)26)27-8-9-28-21/h2-7,16-18,23H,8-15,19H2,1H3;2-3,6-9,13-15,22H,4-5,10-12,16-18H2,1H3;2-7,12-14,21H,8-11,15-17H2,1H3;2-7,10-12H,8-9,13H2,1H3. The number of hydrogen-bond acceptors (Lipinski definition) is 16. The van der Waals surface area contributed by atoms with Crippen molar-refractivity contribution in [2.45, 2.75) is 124 Å². The topological polar surface area (TPSA) is 208 Å². The van der Waals surface area contributed by atoms with E-state index in [4.69, 9.17) is 23.7 Å². The number of carbonyl (C=O) groups excluding carboxylic acids is 4. The number of rotatable bonds is 15. The second-order valence-corrected chi connectivity index (χ2v) is 36.2. The van der Waals surface area contributed by atoms with Crippen molar-refractivity contribution in [1.29, 1.82) is 0 Å². The number of carbonyl (C=O) groups is 4. The Kier molecular flexibility index (Phi) is 23.6. The molecule has 11 aliphatic rings. The van der Waals surface area contributed by atoms with Gasteiger partial charge < -0.3 is 48.2 Å². The lowest BCUT2D eigenvalue weighted by Gasteiger charge is -2.43. The highest BCUT2D eigenvalue weighted by Gasteiger charge is 2.59. The molecular weight excluding hydrogens is 1660 g/mol. The highest BCUT2D eigenvalue weighted by molar-refractivity contribution is 6.11. The van der Waals surface area contributed by atoms with Gasteiger partial charge in [0.15, 0.2) is 0 Å². The van der Waals surface area contributed by atoms with Crippen molar-refractivity contribution in [2.75, 3.05) is 112 Å². The summed E-state index contributed by atoms with van der Waals surface area (Å²) >= 11 is 0. The molecule has 4 amide bonds. The molecule has 7 fully saturated rings. The fourth-order valence-electron chi connectivity index (χ4n) is 21.6. The number of fused-ring (bicyclic) bond motifs is 8. The summed E-state index contributed by atoms with van der Waals surface area (Å²) in [6.07, 6.45) is 22.8. The van der Waals surface area contributed by atoms with E-state index in [-0.39, 0.29) is 73.1 Å². The first kappa shape index (κ1) is 85.9. The average Bonchev–Trinajstić information content (AvgIpc) is 1.56. The predicted molar refractivity (Wildman–Crippen MR) is 484 cm³/mol. The number of amides is 4. The van der Waals surface area contributed by atoms with Crippen LogP contribution in [0.5, 0.6) is 0 Å². The van der Waals surface area contributed by atoms with Crippen LogP contribution in [0.1, 0.15) is 102 Å². The molecule has 8 aromatic carbocycles. The van der Waals surface area contributed by atoms with Crippen molar-refractivity contribution in [3.05, 3.63) is 287 Å². The second kappa shape index (κ2) is 35.6. The van der Waals surface area contributed by atoms with Gasteiger partial charge in [0.25, 0.3) is 11.7 Å². The number of halogens is 4. The van der Waals surface area contributed by atoms with Crippen LogP contribution in [-0.2, 0) is 119 Å². The van der Waals surface area contributed by atoms with Crippen LogP contribution in [0.2, 0.25) is 0 Å². The summed E-state index contributed by atoms with van der Waals surface area (Å²) in [4.78, 5) is 69.3. The van der Waals surface area contributed by atoms with Crippen LogP contribution in [0.25, 0.3) is 44.5 Å². The Morgan fingerprint density at radius 2 is 0.646 bits per heavy atom. The molecule has 670 valence electrons. The van der Waals surface area contributed by atoms with E-state index in [0.717, 1.165) is 202 Å². The molecule has 11 aliphatic heterocycles. The number of aryl methyl sites for hydroxylation is 4. The predicted octanol–water partition coefficient (Wildman–Crippen LogP) is 14.7. The molecule has 7 saturated heterocycles. The summed E-state index contributed by atoms with van der Waals surface area (Å²) in [5.74, 6) is -2.72. The summed E-state index contributed by atoms with van der Waals surface area (Å²) < 4.78 is 95.4. The molecule has 4 aromatic heterocycles. The molecule has 4 unspecified atom stereocenters. The number of ether oxygens (including phenoxy) is 5. The molecule has 4 spiro atoms. The minimum absolute atomic E-state index is 0.0841. The Morgan fingerprint density at radius 3 is 1.01 bits per heavy atom. The number of hydrogen-bond donors (Lipinski definition) is 0. The molecule has 0 N–H and O–H groups in total. The van der Waals surface area contributed by atoms with Gasteiger partial charge in [0.05, 0.1) is 99.3 Å². The number of piperidine rings is 1. The number of anilines is 4. The van der Waals surface area contributed by atoms with Crippen LogP contribution in [0, 0.1) is 23.3 Å². The Morgan fingerprint density at radius 1 is 0.331 bits per heavy atom. The molecule has 0 bridgehead atoms. The zero-order chi connectivity index (χ0) is 89.2. The van der Waals surface area contributed by atoms with E-state index in [9.17, 15) is 23.6 Å². The first-order valence-corrected chi connectivity index (χ1v) is 45.2. The molecule has 15 heterocycles. The average molecular weight is 1760 g/mol. The van der Waals surface area contributed by atoms with Gasteiger partial charge in [0.1, 0.15) is 23.3 Å². The molecule has 0 saturated carbocycles. The van der Waals surface area contributed by atoms with E-state index < -0.39 is 22.0 Å². The number of aromatic nitrogens is 8. The molecule has 12 aromatic rings. The fourth-order valence-corrected chi connectivity index (χ4v) is 21.6. The molecule has 23 rings (SSSR count). The van der Waals surface area contributed by atoms with Crippen LogP contribution in [0.3, 0.4) is 0 Å². The van der Waals surface area contributed by atoms with Crippen molar-refractivity contribution in [3.63, 3.8) is 0 Å². The largest absolute Gasteiger partial charge is 0.381 e. The van der Waals surface area contributed by atoms with Crippen molar-refractivity contribution in [1.82, 2.24) is 53.8 Å². The van der Waals surface area contributed by atoms with Gasteiger partial charge in [-0.1, -0.05) is 121 Å². The molecule has 24 nitrogen and oxygen atoms in total. The summed E-state index contributed by atoms with van der Waals surface area (Å²) in [6.45, 7) is 11.2. The maximum Gasteiger partial charge on any atom is 0.292 e. The number of para-hydroxylation sites is 4. The third-order valence-electron chi connectivity index (χ3n) is 28.6. The molecule has 0 aliphatic carbocycles. The van der Waals surface area contributed by atoms with Crippen LogP contribution in [-0.4, -0.2) is 188 Å². The van der Waals surface area contributed by atoms with Crippen LogP contribution in [0.15, 0.2) is 219 Å². The molecule has 4 atom stereocenters. The fraction of sp³-hybridized carbons (Fsp3) is 0.373. The number of likely N-dealkylation sites (tertiary alicyclic amines) is 3. The third-order valence-corrected chi connectivity index (χ3v) is 28.6. The van der Waals surface area contributed by atoms with Crippen LogP contribution in [0.4, 0.5) is 40.3 Å². The normalized spacial score (nSPS) is 22.1. The summed E-state index contributed by atoms with van der Waals surface area (Å²) in [6, 6.07) is 53.5. The minimum Gasteiger partial charge on any atom is -0.381 e. The number of benzene rings is 8. The van der Waals surface area contributed by atoms with Gasteiger partial charge in [-0.05, 0) is 171 Å². The maximum atomic E-state index is 15.2. The maximum absolute atomic E-state index is 15.2. The van der Waals surface area contributed by atoms with Gasteiger partial charge in [-0.15, -0.1) is 0 Å². The molecule has 130 heavy (non-hydrogen) atoms. The Bertz CT molecular complexity index is 6260. The first-order valence-electron chi connectivity index (χ1n) is 45.2. The summed E-state index contributed by atoms with van der Waals surface area (Å²) in [5.41, 5.74) is 14.2. The van der Waals surface area contributed by atoms with Gasteiger partial charge in [0.2, 0.25) is 17.7 Å². The van der Waals surface area contributed by atoms with Gasteiger partial charge >= 0.3 is 0 Å². The molecule has 28 heteroatoms. The smallest absolute Gasteiger partial charge is 0.292 e. The van der Waals surface area contributed by atoms with Gasteiger partial charge in [-0.2, -0.15) is 20.4 Å². The van der Waals surface area contributed by atoms with Crippen LogP contribution >= 0.6 is 0 Å². The SMILES string of the molecule is Cn1cc(-c2ccc(CN3C(=O)C4(CCN(C5CCCOC5)C4)c4ccccc43)c(F)c2)cn1.Cn1cc(-c2ccc(CN3C(=O)C4(CCN(C5CCOC5)C4)c4ccccc43)c(F)c2)cn1.Cn1cc(-c2ccc(CN3C(=O)C4(CCN(C5CCOCC5)CC4)c4ccccc43)c(F)c2)cn1.Cn1cc(-c2ccc(CN3C(=O)C4(OCCO4)c4ccccc43)c(F)c2)cn1. The van der Waals surface area contributed by atoms with Crippen LogP contribution < -0.4 is 19.6 Å². The Hall–Kier alpha value is -12.1. The summed E-state index contributed by atoms with van der Waals surface area (Å²) in [7, 11) is 7.33. The minimum atomic E-state index is -1.40. The number of nitrogens with zero attached hydrogens (tertiary/aromatic N) is 15. The Labute approximate surface area is 752 Å². The van der Waals surface area contributed by atoms with Crippen molar-refractivity contribution in [2.24, 2.45) is 28.2 Å². The zero-order valence-electron chi connectivity index (χ0n) is 73.5. The van der Waals surface area contributed by atoms with Crippen molar-refractivity contribution in [3.8, 4) is 44.5 Å². The lowest BCUT2D eigenvalue weighted by molar-refractivity contribution is -0.180.